The van der Waals surface area contributed by atoms with Crippen LogP contribution >= 0.6 is 0 Å². The summed E-state index contributed by atoms with van der Waals surface area (Å²) in [6, 6.07) is 5.91. The van der Waals surface area contributed by atoms with E-state index >= 15 is 0 Å². The molecule has 7 heteroatoms. The van der Waals surface area contributed by atoms with Crippen LogP contribution in [0.2, 0.25) is 0 Å². The van der Waals surface area contributed by atoms with Crippen molar-refractivity contribution >= 4 is 21.7 Å². The van der Waals surface area contributed by atoms with Gasteiger partial charge in [-0.3, -0.25) is 9.59 Å². The van der Waals surface area contributed by atoms with Crippen molar-refractivity contribution in [1.82, 2.24) is 5.32 Å². The van der Waals surface area contributed by atoms with Crippen LogP contribution in [-0.2, 0) is 14.6 Å². The average molecular weight is 365 g/mol. The molecule has 1 amide bonds. The molecule has 1 aromatic carbocycles. The summed E-state index contributed by atoms with van der Waals surface area (Å²) in [5.74, 6) is -1.51. The minimum Gasteiger partial charge on any atom is -0.481 e. The van der Waals surface area contributed by atoms with Gasteiger partial charge in [-0.15, -0.1) is 0 Å². The first-order chi connectivity index (χ1) is 11.9. The van der Waals surface area contributed by atoms with Gasteiger partial charge in [0.15, 0.2) is 9.84 Å². The number of carboxylic acids is 1. The van der Waals surface area contributed by atoms with Gasteiger partial charge in [-0.25, -0.2) is 8.42 Å². The molecule has 6 nitrogen and oxygen atoms in total. The molecule has 0 aliphatic heterocycles. The second-order valence-electron chi connectivity index (χ2n) is 6.99. The van der Waals surface area contributed by atoms with E-state index in [0.717, 1.165) is 12.8 Å². The lowest BCUT2D eigenvalue weighted by Crippen LogP contribution is -2.33. The molecule has 0 unspecified atom stereocenters. The molecule has 2 fully saturated rings. The summed E-state index contributed by atoms with van der Waals surface area (Å²) in [5, 5.41) is 11.5. The lowest BCUT2D eigenvalue weighted by atomic mass is 10.1. The van der Waals surface area contributed by atoms with Crippen molar-refractivity contribution in [3.8, 4) is 0 Å². The number of hydrogen-bond acceptors (Lipinski definition) is 4. The third kappa shape index (κ3) is 3.86. The highest BCUT2D eigenvalue weighted by Gasteiger charge is 2.32. The van der Waals surface area contributed by atoms with Gasteiger partial charge in [-0.05, 0) is 56.4 Å². The molecule has 2 N–H and O–H groups in total. The molecule has 136 valence electrons. The van der Waals surface area contributed by atoms with E-state index in [2.05, 4.69) is 5.32 Å². The number of nitrogens with one attached hydrogen (secondary N) is 1. The molecular weight excluding hydrogens is 342 g/mol. The predicted molar refractivity (Wildman–Crippen MR) is 92.1 cm³/mol. The first-order valence-corrected chi connectivity index (χ1v) is 10.3. The molecule has 2 aliphatic rings. The maximum Gasteiger partial charge on any atom is 0.306 e. The van der Waals surface area contributed by atoms with Gasteiger partial charge < -0.3 is 10.4 Å². The molecule has 25 heavy (non-hydrogen) atoms. The standard InChI is InChI=1S/C18H23NO5S/c20-17(19-14-8-5-13(11-14)18(21)22)12-6-9-16(10-7-12)25(23,24)15-3-1-2-4-15/h6-7,9-10,13-15H,1-5,8,11H2,(H,19,20)(H,21,22)/t13-,14+/m1/s1. The summed E-state index contributed by atoms with van der Waals surface area (Å²) in [7, 11) is -3.32. The molecular formula is C18H23NO5S. The molecule has 1 aromatic rings. The van der Waals surface area contributed by atoms with E-state index in [1.165, 1.54) is 24.3 Å². The lowest BCUT2D eigenvalue weighted by Gasteiger charge is -2.14. The highest BCUT2D eigenvalue weighted by atomic mass is 32.2. The van der Waals surface area contributed by atoms with Crippen LogP contribution < -0.4 is 5.32 Å². The summed E-state index contributed by atoms with van der Waals surface area (Å²) in [5.41, 5.74) is 0.393. The van der Waals surface area contributed by atoms with Gasteiger partial charge in [-0.1, -0.05) is 12.8 Å². The number of rotatable bonds is 5. The van der Waals surface area contributed by atoms with E-state index in [1.54, 1.807) is 0 Å². The number of carboxylic acid groups (broad SMARTS) is 1. The number of sulfone groups is 1. The van der Waals surface area contributed by atoms with E-state index in [-0.39, 0.29) is 22.1 Å². The number of benzene rings is 1. The van der Waals surface area contributed by atoms with Crippen LogP contribution in [0, 0.1) is 5.92 Å². The summed E-state index contributed by atoms with van der Waals surface area (Å²) in [6.07, 6.45) is 4.96. The highest BCUT2D eigenvalue weighted by Crippen LogP contribution is 2.30. The zero-order valence-corrected chi connectivity index (χ0v) is 14.8. The minimum atomic E-state index is -3.32. The van der Waals surface area contributed by atoms with Gasteiger partial charge in [0.1, 0.15) is 0 Å². The number of carbonyl (C=O) groups is 2. The fraction of sp³-hybridized carbons (Fsp3) is 0.556. The van der Waals surface area contributed by atoms with Crippen molar-refractivity contribution in [2.75, 3.05) is 0 Å². The van der Waals surface area contributed by atoms with Crippen molar-refractivity contribution in [3.63, 3.8) is 0 Å². The molecule has 2 aliphatic carbocycles. The van der Waals surface area contributed by atoms with E-state index in [1.807, 2.05) is 0 Å². The maximum absolute atomic E-state index is 12.5. The highest BCUT2D eigenvalue weighted by molar-refractivity contribution is 7.92. The first-order valence-electron chi connectivity index (χ1n) is 8.75. The minimum absolute atomic E-state index is 0.143. The van der Waals surface area contributed by atoms with Crippen molar-refractivity contribution in [1.29, 1.82) is 0 Å². The van der Waals surface area contributed by atoms with E-state index in [4.69, 9.17) is 5.11 Å². The fourth-order valence-electron chi connectivity index (χ4n) is 3.79. The molecule has 0 saturated heterocycles. The molecule has 3 rings (SSSR count). The van der Waals surface area contributed by atoms with Gasteiger partial charge in [-0.2, -0.15) is 0 Å². The van der Waals surface area contributed by atoms with E-state index in [0.29, 0.717) is 37.7 Å². The monoisotopic (exact) mass is 365 g/mol. The van der Waals surface area contributed by atoms with E-state index in [9.17, 15) is 18.0 Å². The lowest BCUT2D eigenvalue weighted by molar-refractivity contribution is -0.141. The third-order valence-corrected chi connectivity index (χ3v) is 7.58. The van der Waals surface area contributed by atoms with Gasteiger partial charge in [0, 0.05) is 11.6 Å². The molecule has 2 saturated carbocycles. The molecule has 0 spiro atoms. The first kappa shape index (κ1) is 17.9. The Labute approximate surface area is 147 Å². The quantitative estimate of drug-likeness (QED) is 0.834. The largest absolute Gasteiger partial charge is 0.481 e. The van der Waals surface area contributed by atoms with Crippen LogP contribution in [-0.4, -0.2) is 36.7 Å². The molecule has 0 bridgehead atoms. The maximum atomic E-state index is 12.5. The second kappa shape index (κ2) is 7.15. The van der Waals surface area contributed by atoms with Gasteiger partial charge >= 0.3 is 5.97 Å². The summed E-state index contributed by atoms with van der Waals surface area (Å²) >= 11 is 0. The van der Waals surface area contributed by atoms with Gasteiger partial charge in [0.2, 0.25) is 0 Å². The van der Waals surface area contributed by atoms with Crippen LogP contribution in [0.25, 0.3) is 0 Å². The zero-order chi connectivity index (χ0) is 18.0. The van der Waals surface area contributed by atoms with Gasteiger partial charge in [0.05, 0.1) is 16.1 Å². The Morgan fingerprint density at radius 1 is 1.00 bits per heavy atom. The van der Waals surface area contributed by atoms with Crippen molar-refractivity contribution < 1.29 is 23.1 Å². The molecule has 0 radical (unpaired) electrons. The van der Waals surface area contributed by atoms with Crippen molar-refractivity contribution in [2.45, 2.75) is 61.1 Å². The zero-order valence-electron chi connectivity index (χ0n) is 14.0. The summed E-state index contributed by atoms with van der Waals surface area (Å²) in [4.78, 5) is 23.5. The Morgan fingerprint density at radius 3 is 2.20 bits per heavy atom. The Morgan fingerprint density at radius 2 is 1.64 bits per heavy atom. The van der Waals surface area contributed by atoms with Gasteiger partial charge in [0.25, 0.3) is 5.91 Å². The molecule has 2 atom stereocenters. The van der Waals surface area contributed by atoms with Crippen LogP contribution in [0.1, 0.15) is 55.3 Å². The fourth-order valence-corrected chi connectivity index (χ4v) is 5.65. The number of carbonyl (C=O) groups excluding carboxylic acids is 1. The molecule has 0 aromatic heterocycles. The number of hydrogen-bond donors (Lipinski definition) is 2. The van der Waals surface area contributed by atoms with Crippen LogP contribution in [0.4, 0.5) is 0 Å². The predicted octanol–water partition coefficient (Wildman–Crippen LogP) is 2.39. The molecule has 0 heterocycles. The SMILES string of the molecule is O=C(N[C@H]1CC[C@@H](C(=O)O)C1)c1ccc(S(=O)(=O)C2CCCC2)cc1. The Bertz CT molecular complexity index is 750. The summed E-state index contributed by atoms with van der Waals surface area (Å²) < 4.78 is 25.1. The topological polar surface area (TPSA) is 101 Å². The normalized spacial score (nSPS) is 24.3. The number of amides is 1. The average Bonchev–Trinajstić information content (AvgIpc) is 3.27. The summed E-state index contributed by atoms with van der Waals surface area (Å²) in [6.45, 7) is 0. The smallest absolute Gasteiger partial charge is 0.306 e. The van der Waals surface area contributed by atoms with Crippen LogP contribution in [0.3, 0.4) is 0 Å². The second-order valence-corrected chi connectivity index (χ2v) is 9.22. The number of aliphatic carboxylic acids is 1. The van der Waals surface area contributed by atoms with Crippen molar-refractivity contribution in [2.24, 2.45) is 5.92 Å². The third-order valence-electron chi connectivity index (χ3n) is 5.30. The Balaban J connectivity index is 1.64. The van der Waals surface area contributed by atoms with E-state index < -0.39 is 21.7 Å². The van der Waals surface area contributed by atoms with Crippen LogP contribution in [0.5, 0.6) is 0 Å². The van der Waals surface area contributed by atoms with Crippen LogP contribution in [0.15, 0.2) is 29.2 Å². The Kier molecular flexibility index (Phi) is 5.13. The Hall–Kier alpha value is -1.89. The van der Waals surface area contributed by atoms with Crippen molar-refractivity contribution in [3.05, 3.63) is 29.8 Å².